The van der Waals surface area contributed by atoms with Gasteiger partial charge in [-0.2, -0.15) is 5.11 Å². The number of azo groups is 1. The number of likely N-dealkylation sites (N-methyl/N-ethyl adjacent to an activating group) is 1. The van der Waals surface area contributed by atoms with Gasteiger partial charge in [0.1, 0.15) is 18.1 Å². The standard InChI is InChI=1S/C17H25N3O3.ClH/c1-5-20(6-2)11-12-23-16-9-7-15(8-10-16)18-19-17(13(3)21)14(4)22;/h7-10,21H,5-6,11-12H2,1-4H3;1H/b17-13+,19-18?;. The fourth-order valence-corrected chi connectivity index (χ4v) is 1.95. The van der Waals surface area contributed by atoms with Gasteiger partial charge in [0.25, 0.3) is 0 Å². The molecule has 24 heavy (non-hydrogen) atoms. The van der Waals surface area contributed by atoms with E-state index in [1.54, 1.807) is 24.3 Å². The number of hydrogen-bond donors (Lipinski definition) is 1. The third-order valence-corrected chi connectivity index (χ3v) is 3.35. The highest BCUT2D eigenvalue weighted by molar-refractivity contribution is 5.93. The molecular formula is C17H26ClN3O3. The van der Waals surface area contributed by atoms with Gasteiger partial charge in [0, 0.05) is 13.5 Å². The van der Waals surface area contributed by atoms with Gasteiger partial charge >= 0.3 is 0 Å². The summed E-state index contributed by atoms with van der Waals surface area (Å²) in [5.74, 6) is 0.291. The van der Waals surface area contributed by atoms with E-state index in [4.69, 9.17) is 4.74 Å². The van der Waals surface area contributed by atoms with Gasteiger partial charge in [-0.15, -0.1) is 17.5 Å². The van der Waals surface area contributed by atoms with Crippen molar-refractivity contribution >= 4 is 23.9 Å². The highest BCUT2D eigenvalue weighted by Crippen LogP contribution is 2.19. The summed E-state index contributed by atoms with van der Waals surface area (Å²) in [6.07, 6.45) is 0. The monoisotopic (exact) mass is 355 g/mol. The number of halogens is 1. The summed E-state index contributed by atoms with van der Waals surface area (Å²) in [7, 11) is 0. The largest absolute Gasteiger partial charge is 0.510 e. The summed E-state index contributed by atoms with van der Waals surface area (Å²) < 4.78 is 5.68. The van der Waals surface area contributed by atoms with Crippen LogP contribution in [0.25, 0.3) is 0 Å². The van der Waals surface area contributed by atoms with E-state index < -0.39 is 0 Å². The molecule has 0 amide bonds. The number of hydrogen-bond acceptors (Lipinski definition) is 6. The molecule has 1 aromatic rings. The van der Waals surface area contributed by atoms with Gasteiger partial charge in [0.15, 0.2) is 11.5 Å². The van der Waals surface area contributed by atoms with Crippen molar-refractivity contribution in [2.24, 2.45) is 10.2 Å². The summed E-state index contributed by atoms with van der Waals surface area (Å²) in [5.41, 5.74) is 0.547. The highest BCUT2D eigenvalue weighted by Gasteiger charge is 2.06. The lowest BCUT2D eigenvalue weighted by Crippen LogP contribution is -2.27. The topological polar surface area (TPSA) is 74.5 Å². The first-order chi connectivity index (χ1) is 11.0. The second kappa shape index (κ2) is 11.6. The molecule has 0 radical (unpaired) electrons. The fourth-order valence-electron chi connectivity index (χ4n) is 1.95. The molecule has 0 aromatic heterocycles. The van der Waals surface area contributed by atoms with Crippen molar-refractivity contribution in [3.05, 3.63) is 35.7 Å². The Morgan fingerprint density at radius 3 is 2.21 bits per heavy atom. The van der Waals surface area contributed by atoms with E-state index in [-0.39, 0.29) is 29.6 Å². The number of nitrogens with zero attached hydrogens (tertiary/aromatic N) is 3. The molecule has 7 heteroatoms. The van der Waals surface area contributed by atoms with Crippen LogP contribution in [0.5, 0.6) is 5.75 Å². The van der Waals surface area contributed by atoms with Gasteiger partial charge in [-0.25, -0.2) is 0 Å². The maximum absolute atomic E-state index is 11.3. The Hall–Kier alpha value is -1.92. The van der Waals surface area contributed by atoms with Crippen LogP contribution in [0, 0.1) is 0 Å². The number of carbonyl (C=O) groups is 1. The summed E-state index contributed by atoms with van der Waals surface area (Å²) >= 11 is 0. The predicted molar refractivity (Wildman–Crippen MR) is 97.5 cm³/mol. The Morgan fingerprint density at radius 2 is 1.75 bits per heavy atom. The van der Waals surface area contributed by atoms with Crippen LogP contribution in [-0.2, 0) is 4.79 Å². The molecule has 1 rings (SSSR count). The van der Waals surface area contributed by atoms with Crippen LogP contribution in [0.2, 0.25) is 0 Å². The number of rotatable bonds is 9. The molecule has 0 aliphatic heterocycles. The second-order valence-corrected chi connectivity index (χ2v) is 5.06. The van der Waals surface area contributed by atoms with Gasteiger partial charge in [-0.05, 0) is 44.3 Å². The van der Waals surface area contributed by atoms with Crippen molar-refractivity contribution in [2.75, 3.05) is 26.2 Å². The summed E-state index contributed by atoms with van der Waals surface area (Å²) in [6, 6.07) is 7.11. The summed E-state index contributed by atoms with van der Waals surface area (Å²) in [6.45, 7) is 10.5. The molecule has 0 spiro atoms. The lowest BCUT2D eigenvalue weighted by atomic mass is 10.3. The van der Waals surface area contributed by atoms with E-state index in [0.29, 0.717) is 12.3 Å². The Labute approximate surface area is 149 Å². The molecule has 6 nitrogen and oxygen atoms in total. The predicted octanol–water partition coefficient (Wildman–Crippen LogP) is 4.29. The lowest BCUT2D eigenvalue weighted by Gasteiger charge is -2.17. The molecule has 0 saturated carbocycles. The Kier molecular flexibility index (Phi) is 10.7. The zero-order valence-electron chi connectivity index (χ0n) is 14.7. The van der Waals surface area contributed by atoms with Crippen LogP contribution in [-0.4, -0.2) is 42.0 Å². The normalized spacial score (nSPS) is 12.0. The maximum Gasteiger partial charge on any atom is 0.183 e. The number of aliphatic hydroxyl groups excluding tert-OH is 1. The molecule has 0 aliphatic rings. The van der Waals surface area contributed by atoms with E-state index in [1.165, 1.54) is 13.8 Å². The SMILES string of the molecule is CCN(CC)CCOc1ccc(N=N/C(C(C)=O)=C(\C)O)cc1.Cl. The quantitative estimate of drug-likeness (QED) is 0.407. The van der Waals surface area contributed by atoms with Crippen LogP contribution < -0.4 is 4.74 Å². The Morgan fingerprint density at radius 1 is 1.17 bits per heavy atom. The number of carbonyl (C=O) groups excluding carboxylic acids is 1. The van der Waals surface area contributed by atoms with Crippen molar-refractivity contribution in [3.8, 4) is 5.75 Å². The third-order valence-electron chi connectivity index (χ3n) is 3.35. The van der Waals surface area contributed by atoms with E-state index in [0.717, 1.165) is 25.4 Å². The average Bonchev–Trinajstić information content (AvgIpc) is 2.52. The molecule has 0 atom stereocenters. The van der Waals surface area contributed by atoms with Gasteiger partial charge in [-0.3, -0.25) is 4.79 Å². The molecule has 1 N–H and O–H groups in total. The number of benzene rings is 1. The van der Waals surface area contributed by atoms with Crippen molar-refractivity contribution < 1.29 is 14.6 Å². The Balaban J connectivity index is 0.00000529. The van der Waals surface area contributed by atoms with Crippen molar-refractivity contribution in [1.82, 2.24) is 4.90 Å². The van der Waals surface area contributed by atoms with E-state index >= 15 is 0 Å². The molecule has 0 aliphatic carbocycles. The molecule has 0 heterocycles. The summed E-state index contributed by atoms with van der Waals surface area (Å²) in [5, 5.41) is 17.1. The zero-order valence-corrected chi connectivity index (χ0v) is 15.5. The molecule has 0 bridgehead atoms. The number of aliphatic hydroxyl groups is 1. The van der Waals surface area contributed by atoms with Crippen LogP contribution in [0.4, 0.5) is 5.69 Å². The molecule has 0 saturated heterocycles. The van der Waals surface area contributed by atoms with Crippen molar-refractivity contribution in [2.45, 2.75) is 27.7 Å². The highest BCUT2D eigenvalue weighted by atomic mass is 35.5. The average molecular weight is 356 g/mol. The van der Waals surface area contributed by atoms with Crippen LogP contribution in [0.3, 0.4) is 0 Å². The number of ether oxygens (including phenoxy) is 1. The Bertz CT molecular complexity index is 563. The molecular weight excluding hydrogens is 330 g/mol. The second-order valence-electron chi connectivity index (χ2n) is 5.06. The zero-order chi connectivity index (χ0) is 17.2. The number of Topliss-reactive ketones (excluding diaryl/α,β-unsaturated/α-hetero) is 1. The minimum atomic E-state index is -0.329. The van der Waals surface area contributed by atoms with Crippen molar-refractivity contribution in [1.29, 1.82) is 0 Å². The minimum Gasteiger partial charge on any atom is -0.510 e. The molecule has 0 unspecified atom stereocenters. The third kappa shape index (κ3) is 7.57. The molecule has 134 valence electrons. The van der Waals surface area contributed by atoms with E-state index in [1.807, 2.05) is 0 Å². The van der Waals surface area contributed by atoms with Crippen LogP contribution in [0.1, 0.15) is 27.7 Å². The van der Waals surface area contributed by atoms with Crippen molar-refractivity contribution in [3.63, 3.8) is 0 Å². The number of ketones is 1. The van der Waals surface area contributed by atoms with Gasteiger partial charge in [0.2, 0.25) is 0 Å². The van der Waals surface area contributed by atoms with Gasteiger partial charge in [0.05, 0.1) is 5.69 Å². The first-order valence-electron chi connectivity index (χ1n) is 7.75. The smallest absolute Gasteiger partial charge is 0.183 e. The van der Waals surface area contributed by atoms with E-state index in [2.05, 4.69) is 29.0 Å². The molecule has 0 fully saturated rings. The van der Waals surface area contributed by atoms with Gasteiger partial charge in [-0.1, -0.05) is 13.8 Å². The van der Waals surface area contributed by atoms with Crippen LogP contribution >= 0.6 is 12.4 Å². The number of allylic oxidation sites excluding steroid dienone is 2. The van der Waals surface area contributed by atoms with Crippen LogP contribution in [0.15, 0.2) is 46.0 Å². The molecule has 1 aromatic carbocycles. The first-order valence-corrected chi connectivity index (χ1v) is 7.75. The van der Waals surface area contributed by atoms with Gasteiger partial charge < -0.3 is 14.7 Å². The fraction of sp³-hybridized carbons (Fsp3) is 0.471. The minimum absolute atomic E-state index is 0. The lowest BCUT2D eigenvalue weighted by molar-refractivity contribution is -0.113. The maximum atomic E-state index is 11.3. The summed E-state index contributed by atoms with van der Waals surface area (Å²) in [4.78, 5) is 13.6. The first kappa shape index (κ1) is 22.1. The van der Waals surface area contributed by atoms with E-state index in [9.17, 15) is 9.90 Å².